The smallest absolute Gasteiger partial charge is 0.0883 e. The third-order valence-corrected chi connectivity index (χ3v) is 2.18. The number of hydrogen-bond acceptors (Lipinski definition) is 4. The summed E-state index contributed by atoms with van der Waals surface area (Å²) in [6, 6.07) is 0.191. The summed E-state index contributed by atoms with van der Waals surface area (Å²) in [6.07, 6.45) is 1.99. The predicted octanol–water partition coefficient (Wildman–Crippen LogP) is -0.520. The van der Waals surface area contributed by atoms with E-state index in [1.165, 1.54) is 0 Å². The summed E-state index contributed by atoms with van der Waals surface area (Å²) >= 11 is 0. The molecule has 0 aliphatic rings. The number of hydrogen-bond donors (Lipinski definition) is 4. The largest absolute Gasteiger partial charge is 0.394 e. The van der Waals surface area contributed by atoms with Crippen LogP contribution in [0.5, 0.6) is 0 Å². The zero-order valence-electron chi connectivity index (χ0n) is 8.45. The highest BCUT2D eigenvalue weighted by atomic mass is 16.3. The molecule has 0 aromatic rings. The first kappa shape index (κ1) is 12.8. The molecule has 0 spiro atoms. The summed E-state index contributed by atoms with van der Waals surface area (Å²) in [5.74, 6) is 0. The lowest BCUT2D eigenvalue weighted by Gasteiger charge is -2.32. The van der Waals surface area contributed by atoms with Gasteiger partial charge in [-0.25, -0.2) is 0 Å². The average Bonchev–Trinajstić information content (AvgIpc) is 2.15. The van der Waals surface area contributed by atoms with E-state index in [0.29, 0.717) is 0 Å². The molecule has 0 rings (SSSR count). The topological polar surface area (TPSA) is 72.7 Å². The van der Waals surface area contributed by atoms with Crippen LogP contribution < -0.4 is 5.32 Å². The molecular formula is C9H21NO3. The predicted molar refractivity (Wildman–Crippen MR) is 51.5 cm³/mol. The number of rotatable bonds is 7. The Morgan fingerprint density at radius 1 is 1.15 bits per heavy atom. The normalized spacial score (nSPS) is 14.5. The lowest BCUT2D eigenvalue weighted by Crippen LogP contribution is -2.57. The molecule has 1 atom stereocenters. The molecule has 0 aromatic heterocycles. The Kier molecular flexibility index (Phi) is 6.24. The van der Waals surface area contributed by atoms with Crippen LogP contribution in [-0.2, 0) is 0 Å². The van der Waals surface area contributed by atoms with Gasteiger partial charge in [0, 0.05) is 6.04 Å². The van der Waals surface area contributed by atoms with Gasteiger partial charge < -0.3 is 20.6 Å². The molecule has 13 heavy (non-hydrogen) atoms. The third kappa shape index (κ3) is 4.04. The maximum absolute atomic E-state index is 9.01. The van der Waals surface area contributed by atoms with Gasteiger partial charge in [0.1, 0.15) is 0 Å². The quantitative estimate of drug-likeness (QED) is 0.437. The van der Waals surface area contributed by atoms with Gasteiger partial charge in [-0.15, -0.1) is 0 Å². The minimum atomic E-state index is -0.936. The molecule has 0 heterocycles. The van der Waals surface area contributed by atoms with Crippen molar-refractivity contribution in [2.75, 3.05) is 19.8 Å². The summed E-state index contributed by atoms with van der Waals surface area (Å²) in [6.45, 7) is 3.27. The first-order valence-electron chi connectivity index (χ1n) is 4.74. The van der Waals surface area contributed by atoms with Crippen LogP contribution in [0.3, 0.4) is 0 Å². The molecule has 0 aliphatic heterocycles. The van der Waals surface area contributed by atoms with Crippen LogP contribution in [0.1, 0.15) is 26.7 Å². The molecule has 0 amide bonds. The van der Waals surface area contributed by atoms with Gasteiger partial charge in [-0.1, -0.05) is 13.3 Å². The number of aliphatic hydroxyl groups is 3. The molecule has 0 radical (unpaired) electrons. The molecule has 0 aliphatic carbocycles. The summed E-state index contributed by atoms with van der Waals surface area (Å²) in [4.78, 5) is 0. The molecule has 0 saturated heterocycles. The molecule has 0 bridgehead atoms. The molecule has 80 valence electrons. The van der Waals surface area contributed by atoms with Crippen molar-refractivity contribution in [2.45, 2.75) is 38.3 Å². The Morgan fingerprint density at radius 2 is 1.62 bits per heavy atom. The molecule has 4 N–H and O–H groups in total. The maximum atomic E-state index is 9.01. The monoisotopic (exact) mass is 191 g/mol. The maximum Gasteiger partial charge on any atom is 0.0883 e. The molecule has 4 heteroatoms. The first-order valence-corrected chi connectivity index (χ1v) is 4.74. The minimum absolute atomic E-state index is 0.191. The Hall–Kier alpha value is -0.160. The Balaban J connectivity index is 4.07. The van der Waals surface area contributed by atoms with Gasteiger partial charge in [0.2, 0.25) is 0 Å². The van der Waals surface area contributed by atoms with E-state index in [2.05, 4.69) is 12.2 Å². The van der Waals surface area contributed by atoms with E-state index in [-0.39, 0.29) is 25.9 Å². The van der Waals surface area contributed by atoms with Gasteiger partial charge in [-0.3, -0.25) is 0 Å². The fourth-order valence-electron chi connectivity index (χ4n) is 1.31. The second-order valence-electron chi connectivity index (χ2n) is 3.59. The molecule has 0 saturated carbocycles. The van der Waals surface area contributed by atoms with Crippen LogP contribution >= 0.6 is 0 Å². The van der Waals surface area contributed by atoms with Crippen molar-refractivity contribution in [1.29, 1.82) is 0 Å². The van der Waals surface area contributed by atoms with Gasteiger partial charge >= 0.3 is 0 Å². The van der Waals surface area contributed by atoms with Gasteiger partial charge in [0.05, 0.1) is 25.4 Å². The van der Waals surface area contributed by atoms with Crippen LogP contribution in [0.15, 0.2) is 0 Å². The van der Waals surface area contributed by atoms with Crippen molar-refractivity contribution >= 4 is 0 Å². The Bertz CT molecular complexity index is 118. The van der Waals surface area contributed by atoms with Crippen LogP contribution in [0.25, 0.3) is 0 Å². The lowest BCUT2D eigenvalue weighted by atomic mass is 10.0. The SMILES string of the molecule is CCCC(C)NC(CO)(CO)CO. The van der Waals surface area contributed by atoms with E-state index >= 15 is 0 Å². The lowest BCUT2D eigenvalue weighted by molar-refractivity contribution is 0.0349. The fraction of sp³-hybridized carbons (Fsp3) is 1.00. The zero-order valence-corrected chi connectivity index (χ0v) is 8.45. The second kappa shape index (κ2) is 6.32. The second-order valence-corrected chi connectivity index (χ2v) is 3.59. The highest BCUT2D eigenvalue weighted by Crippen LogP contribution is 2.06. The highest BCUT2D eigenvalue weighted by Gasteiger charge is 2.28. The third-order valence-electron chi connectivity index (χ3n) is 2.18. The van der Waals surface area contributed by atoms with E-state index in [1.807, 2.05) is 6.92 Å². The standard InChI is InChI=1S/C9H21NO3/c1-3-4-8(2)10-9(5-11,6-12)7-13/h8,10-13H,3-7H2,1-2H3. The van der Waals surface area contributed by atoms with Crippen molar-refractivity contribution in [3.05, 3.63) is 0 Å². The van der Waals surface area contributed by atoms with E-state index in [0.717, 1.165) is 12.8 Å². The Morgan fingerprint density at radius 3 is 1.92 bits per heavy atom. The summed E-state index contributed by atoms with van der Waals surface area (Å²) < 4.78 is 0. The van der Waals surface area contributed by atoms with E-state index in [9.17, 15) is 0 Å². The highest BCUT2D eigenvalue weighted by molar-refractivity contribution is 4.88. The van der Waals surface area contributed by atoms with Gasteiger partial charge in [-0.05, 0) is 13.3 Å². The molecular weight excluding hydrogens is 170 g/mol. The fourth-order valence-corrected chi connectivity index (χ4v) is 1.31. The Labute approximate surface area is 79.6 Å². The summed E-state index contributed by atoms with van der Waals surface area (Å²) in [7, 11) is 0. The van der Waals surface area contributed by atoms with Crippen molar-refractivity contribution in [3.63, 3.8) is 0 Å². The van der Waals surface area contributed by atoms with E-state index in [1.54, 1.807) is 0 Å². The average molecular weight is 191 g/mol. The van der Waals surface area contributed by atoms with Crippen LogP contribution in [0.4, 0.5) is 0 Å². The van der Waals surface area contributed by atoms with Crippen molar-refractivity contribution in [2.24, 2.45) is 0 Å². The molecule has 0 aromatic carbocycles. The molecule has 0 fully saturated rings. The van der Waals surface area contributed by atoms with Crippen LogP contribution in [-0.4, -0.2) is 46.7 Å². The minimum Gasteiger partial charge on any atom is -0.394 e. The van der Waals surface area contributed by atoms with Gasteiger partial charge in [-0.2, -0.15) is 0 Å². The summed E-state index contributed by atoms with van der Waals surface area (Å²) in [5.41, 5.74) is -0.936. The summed E-state index contributed by atoms with van der Waals surface area (Å²) in [5, 5.41) is 30.1. The van der Waals surface area contributed by atoms with Crippen LogP contribution in [0, 0.1) is 0 Å². The van der Waals surface area contributed by atoms with Gasteiger partial charge in [0.15, 0.2) is 0 Å². The van der Waals surface area contributed by atoms with E-state index in [4.69, 9.17) is 15.3 Å². The van der Waals surface area contributed by atoms with Crippen molar-refractivity contribution in [1.82, 2.24) is 5.32 Å². The number of nitrogens with one attached hydrogen (secondary N) is 1. The van der Waals surface area contributed by atoms with Crippen molar-refractivity contribution in [3.8, 4) is 0 Å². The van der Waals surface area contributed by atoms with Crippen LogP contribution in [0.2, 0.25) is 0 Å². The molecule has 4 nitrogen and oxygen atoms in total. The first-order chi connectivity index (χ1) is 6.14. The number of aliphatic hydroxyl groups excluding tert-OH is 3. The van der Waals surface area contributed by atoms with E-state index < -0.39 is 5.54 Å². The van der Waals surface area contributed by atoms with Gasteiger partial charge in [0.25, 0.3) is 0 Å². The van der Waals surface area contributed by atoms with Crippen molar-refractivity contribution < 1.29 is 15.3 Å². The zero-order chi connectivity index (χ0) is 10.3. The molecule has 1 unspecified atom stereocenters.